The van der Waals surface area contributed by atoms with Gasteiger partial charge in [0.25, 0.3) is 5.91 Å². The van der Waals surface area contributed by atoms with Gasteiger partial charge in [0.1, 0.15) is 11.5 Å². The fraction of sp³-hybridized carbons (Fsp3) is 0.333. The van der Waals surface area contributed by atoms with E-state index < -0.39 is 24.0 Å². The van der Waals surface area contributed by atoms with Crippen LogP contribution >= 0.6 is 0 Å². The molecule has 3 amide bonds. The lowest BCUT2D eigenvalue weighted by Gasteiger charge is -2.35. The van der Waals surface area contributed by atoms with Gasteiger partial charge in [-0.2, -0.15) is 0 Å². The van der Waals surface area contributed by atoms with E-state index in [9.17, 15) is 19.1 Å². The number of aromatic nitrogens is 1. The van der Waals surface area contributed by atoms with Crippen LogP contribution in [0.1, 0.15) is 29.9 Å². The third-order valence-electron chi connectivity index (χ3n) is 8.10. The van der Waals surface area contributed by atoms with Crippen LogP contribution in [-0.4, -0.2) is 70.3 Å². The molecule has 0 unspecified atom stereocenters. The van der Waals surface area contributed by atoms with Gasteiger partial charge in [0, 0.05) is 55.3 Å². The summed E-state index contributed by atoms with van der Waals surface area (Å²) in [6.07, 6.45) is -0.444. The van der Waals surface area contributed by atoms with E-state index in [1.807, 2.05) is 74.0 Å². The van der Waals surface area contributed by atoms with Crippen LogP contribution in [0, 0.1) is 11.7 Å². The fourth-order valence-corrected chi connectivity index (χ4v) is 5.66. The Kier molecular flexibility index (Phi) is 8.61. The largest absolute Gasteiger partial charge is 0.394 e. The van der Waals surface area contributed by atoms with Crippen molar-refractivity contribution in [2.75, 3.05) is 32.1 Å². The molecule has 42 heavy (non-hydrogen) atoms. The number of nitrogens with one attached hydrogen (secondary N) is 1. The van der Waals surface area contributed by atoms with Crippen molar-refractivity contribution in [1.29, 1.82) is 0 Å². The molecule has 5 rings (SSSR count). The SMILES string of the molecule is C[C@H]1CN([C@@H](C)CO)C(=O)c2c(c3ccccc3n2C)-c2ccccc2CO[C@@H]1CN(C)C(=O)Nc1cccc(F)c1. The number of hydrogen-bond donors (Lipinski definition) is 2. The quantitative estimate of drug-likeness (QED) is 0.330. The fourth-order valence-electron chi connectivity index (χ4n) is 5.66. The number of aliphatic hydroxyl groups excluding tert-OH is 1. The smallest absolute Gasteiger partial charge is 0.321 e. The minimum Gasteiger partial charge on any atom is -0.394 e. The summed E-state index contributed by atoms with van der Waals surface area (Å²) in [5.41, 5.74) is 4.52. The topological polar surface area (TPSA) is 87.0 Å². The van der Waals surface area contributed by atoms with Crippen LogP contribution in [0.25, 0.3) is 22.0 Å². The predicted molar refractivity (Wildman–Crippen MR) is 162 cm³/mol. The van der Waals surface area contributed by atoms with Crippen LogP contribution in [0.2, 0.25) is 0 Å². The molecule has 2 heterocycles. The Bertz CT molecular complexity index is 1600. The highest BCUT2D eigenvalue weighted by Gasteiger charge is 2.34. The molecule has 0 aliphatic carbocycles. The number of carbonyl (C=O) groups excluding carboxylic acids is 2. The second kappa shape index (κ2) is 12.3. The number of aliphatic hydroxyl groups is 1. The first-order valence-electron chi connectivity index (χ1n) is 14.2. The molecular weight excluding hydrogens is 535 g/mol. The molecule has 1 aromatic heterocycles. The standard InChI is InChI=1S/C33H37FN4O4/c1-21-17-38(22(2)19-39)32(40)31-30(27-14-7-8-15-28(27)37(31)4)26-13-6-5-10-23(26)20-42-29(21)18-36(3)33(41)35-25-12-9-11-24(34)16-25/h5-16,21-22,29,39H,17-20H2,1-4H3,(H,35,41)/t21-,22-,29+/m0/s1. The van der Waals surface area contributed by atoms with E-state index in [4.69, 9.17) is 4.74 Å². The van der Waals surface area contributed by atoms with E-state index in [0.717, 1.165) is 27.6 Å². The zero-order chi connectivity index (χ0) is 30.0. The van der Waals surface area contributed by atoms with Crippen molar-refractivity contribution in [3.8, 4) is 11.1 Å². The van der Waals surface area contributed by atoms with Gasteiger partial charge in [-0.3, -0.25) is 4.79 Å². The highest BCUT2D eigenvalue weighted by atomic mass is 19.1. The van der Waals surface area contributed by atoms with Gasteiger partial charge >= 0.3 is 6.03 Å². The minimum absolute atomic E-state index is 0.176. The number of ether oxygens (including phenoxy) is 1. The van der Waals surface area contributed by atoms with Crippen molar-refractivity contribution in [3.05, 3.63) is 89.9 Å². The molecule has 4 aromatic rings. The average molecular weight is 573 g/mol. The first-order valence-corrected chi connectivity index (χ1v) is 14.2. The maximum Gasteiger partial charge on any atom is 0.321 e. The van der Waals surface area contributed by atoms with Gasteiger partial charge in [-0.25, -0.2) is 9.18 Å². The van der Waals surface area contributed by atoms with Crippen molar-refractivity contribution in [2.24, 2.45) is 13.0 Å². The second-order valence-corrected chi connectivity index (χ2v) is 11.1. The molecule has 0 fully saturated rings. The summed E-state index contributed by atoms with van der Waals surface area (Å²) in [5.74, 6) is -0.813. The van der Waals surface area contributed by atoms with E-state index in [0.29, 0.717) is 17.9 Å². The Morgan fingerprint density at radius 3 is 2.64 bits per heavy atom. The van der Waals surface area contributed by atoms with Crippen LogP contribution in [0.5, 0.6) is 0 Å². The number of anilines is 1. The summed E-state index contributed by atoms with van der Waals surface area (Å²) in [6, 6.07) is 20.7. The maximum atomic E-state index is 14.4. The minimum atomic E-state index is -0.448. The molecule has 9 heteroatoms. The van der Waals surface area contributed by atoms with Crippen LogP contribution in [0.4, 0.5) is 14.9 Å². The van der Waals surface area contributed by atoms with Crippen LogP contribution < -0.4 is 5.32 Å². The van der Waals surface area contributed by atoms with Gasteiger partial charge in [0.2, 0.25) is 0 Å². The Labute approximate surface area is 245 Å². The molecule has 0 radical (unpaired) electrons. The zero-order valence-electron chi connectivity index (χ0n) is 24.4. The van der Waals surface area contributed by atoms with E-state index in [-0.39, 0.29) is 31.6 Å². The Morgan fingerprint density at radius 1 is 1.14 bits per heavy atom. The molecule has 1 aliphatic heterocycles. The Hall–Kier alpha value is -4.21. The van der Waals surface area contributed by atoms with E-state index in [2.05, 4.69) is 5.32 Å². The number of nitrogens with zero attached hydrogens (tertiary/aromatic N) is 3. The number of carbonyl (C=O) groups is 2. The lowest BCUT2D eigenvalue weighted by Crippen LogP contribution is -2.48. The molecule has 8 nitrogen and oxygen atoms in total. The highest BCUT2D eigenvalue weighted by molar-refractivity contribution is 6.10. The summed E-state index contributed by atoms with van der Waals surface area (Å²) in [6.45, 7) is 4.43. The van der Waals surface area contributed by atoms with Gasteiger partial charge in [-0.1, -0.05) is 55.5 Å². The number of urea groups is 1. The summed E-state index contributed by atoms with van der Waals surface area (Å²) < 4.78 is 22.1. The number of aryl methyl sites for hydroxylation is 1. The normalized spacial score (nSPS) is 18.1. The number of amides is 3. The first kappa shape index (κ1) is 29.3. The molecule has 0 saturated heterocycles. The third kappa shape index (κ3) is 5.75. The average Bonchev–Trinajstić information content (AvgIpc) is 3.28. The third-order valence-corrected chi connectivity index (χ3v) is 8.10. The number of likely N-dealkylation sites (N-methyl/N-ethyl adjacent to an activating group) is 1. The number of benzene rings is 3. The lowest BCUT2D eigenvalue weighted by molar-refractivity contribution is -0.0179. The number of hydrogen-bond acceptors (Lipinski definition) is 4. The van der Waals surface area contributed by atoms with E-state index in [1.54, 1.807) is 18.0 Å². The number of para-hydroxylation sites is 1. The summed E-state index contributed by atoms with van der Waals surface area (Å²) >= 11 is 0. The second-order valence-electron chi connectivity index (χ2n) is 11.1. The first-order chi connectivity index (χ1) is 20.2. The number of rotatable bonds is 5. The van der Waals surface area contributed by atoms with Crippen molar-refractivity contribution < 1.29 is 23.8 Å². The van der Waals surface area contributed by atoms with Crippen molar-refractivity contribution in [2.45, 2.75) is 32.6 Å². The summed E-state index contributed by atoms with van der Waals surface area (Å²) in [7, 11) is 3.56. The molecule has 1 aliphatic rings. The van der Waals surface area contributed by atoms with Gasteiger partial charge < -0.3 is 29.5 Å². The van der Waals surface area contributed by atoms with Crippen LogP contribution in [0.3, 0.4) is 0 Å². The molecular formula is C33H37FN4O4. The van der Waals surface area contributed by atoms with Gasteiger partial charge in [-0.15, -0.1) is 0 Å². The van der Waals surface area contributed by atoms with Gasteiger partial charge in [0.05, 0.1) is 25.4 Å². The Morgan fingerprint density at radius 2 is 1.88 bits per heavy atom. The molecule has 0 saturated carbocycles. The molecule has 2 N–H and O–H groups in total. The van der Waals surface area contributed by atoms with Gasteiger partial charge in [0.15, 0.2) is 0 Å². The van der Waals surface area contributed by atoms with Crippen molar-refractivity contribution in [3.63, 3.8) is 0 Å². The predicted octanol–water partition coefficient (Wildman–Crippen LogP) is 5.51. The molecule has 3 aromatic carbocycles. The molecule has 220 valence electrons. The lowest BCUT2D eigenvalue weighted by atomic mass is 9.96. The van der Waals surface area contributed by atoms with Crippen molar-refractivity contribution in [1.82, 2.24) is 14.4 Å². The monoisotopic (exact) mass is 572 g/mol. The summed E-state index contributed by atoms with van der Waals surface area (Å²) in [5, 5.41) is 13.9. The van der Waals surface area contributed by atoms with E-state index in [1.165, 1.54) is 23.1 Å². The number of halogens is 1. The van der Waals surface area contributed by atoms with Crippen LogP contribution in [-0.2, 0) is 18.4 Å². The Balaban J connectivity index is 1.53. The van der Waals surface area contributed by atoms with Crippen molar-refractivity contribution >= 4 is 28.5 Å². The van der Waals surface area contributed by atoms with Crippen LogP contribution in [0.15, 0.2) is 72.8 Å². The molecule has 3 atom stereocenters. The van der Waals surface area contributed by atoms with Gasteiger partial charge in [-0.05, 0) is 42.3 Å². The highest BCUT2D eigenvalue weighted by Crippen LogP contribution is 2.38. The van der Waals surface area contributed by atoms with E-state index >= 15 is 0 Å². The molecule has 0 spiro atoms. The molecule has 0 bridgehead atoms. The number of fused-ring (bicyclic) bond motifs is 5. The maximum absolute atomic E-state index is 14.4. The summed E-state index contributed by atoms with van der Waals surface area (Å²) in [4.78, 5) is 30.7. The zero-order valence-corrected chi connectivity index (χ0v) is 24.4.